The monoisotopic (exact) mass is 472 g/mol. The molecule has 1 aromatic heterocycles. The van der Waals surface area contributed by atoms with Crippen molar-refractivity contribution in [2.24, 2.45) is 16.1 Å². The Bertz CT molecular complexity index is 1340. The summed E-state index contributed by atoms with van der Waals surface area (Å²) in [7, 11) is 1.32. The number of nitrogens with zero attached hydrogens (tertiary/aromatic N) is 2. The molecule has 8 nitrogen and oxygen atoms in total. The second-order valence-corrected chi connectivity index (χ2v) is 9.11. The van der Waals surface area contributed by atoms with Crippen LogP contribution in [0.3, 0.4) is 0 Å². The molecule has 0 bridgehead atoms. The van der Waals surface area contributed by atoms with Crippen molar-refractivity contribution in [2.75, 3.05) is 13.7 Å². The maximum atomic E-state index is 15.1. The zero-order chi connectivity index (χ0) is 24.5. The lowest BCUT2D eigenvalue weighted by Gasteiger charge is -2.18. The molecule has 33 heavy (non-hydrogen) atoms. The van der Waals surface area contributed by atoms with E-state index in [0.717, 1.165) is 6.07 Å². The summed E-state index contributed by atoms with van der Waals surface area (Å²) in [6.45, 7) is 6.01. The third-order valence-corrected chi connectivity index (χ3v) is 6.32. The van der Waals surface area contributed by atoms with Crippen molar-refractivity contribution in [3.63, 3.8) is 0 Å². The van der Waals surface area contributed by atoms with Crippen LogP contribution in [0, 0.1) is 16.6 Å². The minimum atomic E-state index is -1.14. The van der Waals surface area contributed by atoms with Crippen molar-refractivity contribution in [2.45, 2.75) is 27.3 Å². The molecule has 0 atom stereocenters. The molecule has 0 unspecified atom stereocenters. The number of carbonyl (C=O) groups excluding carboxylic acids is 1. The van der Waals surface area contributed by atoms with Gasteiger partial charge in [0.05, 0.1) is 34.8 Å². The number of carboxylic acid groups (broad SMARTS) is 1. The summed E-state index contributed by atoms with van der Waals surface area (Å²) in [6.07, 6.45) is 0. The van der Waals surface area contributed by atoms with Crippen LogP contribution in [0.25, 0.3) is 21.3 Å². The van der Waals surface area contributed by atoms with Crippen LogP contribution in [0.4, 0.5) is 4.39 Å². The van der Waals surface area contributed by atoms with Gasteiger partial charge in [0.1, 0.15) is 11.7 Å². The number of halogens is 1. The number of nitrogens with two attached hydrogens (primary N) is 1. The molecule has 0 aliphatic rings. The Balaban J connectivity index is 2.30. The Morgan fingerprint density at radius 2 is 1.94 bits per heavy atom. The highest BCUT2D eigenvalue weighted by Crippen LogP contribution is 2.34. The van der Waals surface area contributed by atoms with Crippen LogP contribution < -0.4 is 10.5 Å². The Labute approximate surface area is 193 Å². The number of amidine groups is 1. The molecule has 4 N–H and O–H groups in total. The van der Waals surface area contributed by atoms with Crippen LogP contribution >= 0.6 is 11.3 Å². The average molecular weight is 473 g/mol. The number of hydrogen-bond donors (Lipinski definition) is 3. The highest BCUT2D eigenvalue weighted by molar-refractivity contribution is 7.16. The van der Waals surface area contributed by atoms with E-state index in [1.165, 1.54) is 42.7 Å². The lowest BCUT2D eigenvalue weighted by molar-refractivity contribution is -0.150. The van der Waals surface area contributed by atoms with Crippen LogP contribution in [0.2, 0.25) is 0 Å². The Kier molecular flexibility index (Phi) is 6.68. The number of fused-ring (bicyclic) bond motifs is 1. The zero-order valence-corrected chi connectivity index (χ0v) is 19.5. The van der Waals surface area contributed by atoms with E-state index in [-0.39, 0.29) is 29.1 Å². The van der Waals surface area contributed by atoms with E-state index in [4.69, 9.17) is 15.9 Å². The molecule has 0 spiro atoms. The van der Waals surface area contributed by atoms with E-state index in [0.29, 0.717) is 27.1 Å². The maximum Gasteiger partial charge on any atom is 0.335 e. The Hall–Kier alpha value is -3.53. The van der Waals surface area contributed by atoms with Crippen molar-refractivity contribution in [3.05, 3.63) is 52.1 Å². The molecular weight excluding hydrogens is 447 g/mol. The van der Waals surface area contributed by atoms with Gasteiger partial charge in [-0.1, -0.05) is 23.5 Å². The highest BCUT2D eigenvalue weighted by Gasteiger charge is 2.28. The number of carboxylic acids is 1. The molecule has 0 fully saturated rings. The number of methoxy groups -OCH3 is 1. The van der Waals surface area contributed by atoms with E-state index in [1.54, 1.807) is 13.8 Å². The lowest BCUT2D eigenvalue weighted by Crippen LogP contribution is -2.30. The molecule has 0 radical (unpaired) electrons. The van der Waals surface area contributed by atoms with Crippen LogP contribution in [-0.4, -0.2) is 41.1 Å². The van der Waals surface area contributed by atoms with Crippen molar-refractivity contribution in [1.82, 2.24) is 4.57 Å². The summed E-state index contributed by atoms with van der Waals surface area (Å²) < 4.78 is 22.4. The van der Waals surface area contributed by atoms with E-state index < -0.39 is 23.2 Å². The fourth-order valence-corrected chi connectivity index (χ4v) is 4.62. The second kappa shape index (κ2) is 9.14. The number of ether oxygens (including phenoxy) is 1. The second-order valence-electron chi connectivity index (χ2n) is 8.10. The molecule has 0 aliphatic carbocycles. The standard InChI is InChI=1S/C23H25FN4O4S/c1-5-28-18-15(14-7-6-12(19(25)26)9-16(14)24)8-13(20(29)30)10-17(18)33-22(28)27-11-23(2,3)21(31)32-4/h6-10H,5,11H2,1-4H3,(H3,25,26)(H,29,30). The fourth-order valence-electron chi connectivity index (χ4n) is 3.46. The molecule has 3 rings (SSSR count). The molecule has 2 aromatic carbocycles. The third kappa shape index (κ3) is 4.65. The van der Waals surface area contributed by atoms with Crippen LogP contribution in [-0.2, 0) is 16.1 Å². The number of nitrogen functional groups attached to an aromatic ring is 1. The quantitative estimate of drug-likeness (QED) is 0.275. The number of thiazole rings is 1. The van der Waals surface area contributed by atoms with Crippen molar-refractivity contribution in [1.29, 1.82) is 5.41 Å². The summed E-state index contributed by atoms with van der Waals surface area (Å²) >= 11 is 1.27. The normalized spacial score (nSPS) is 12.2. The smallest absolute Gasteiger partial charge is 0.335 e. The van der Waals surface area contributed by atoms with Gasteiger partial charge in [-0.15, -0.1) is 0 Å². The first-order valence-electron chi connectivity index (χ1n) is 10.1. The van der Waals surface area contributed by atoms with Gasteiger partial charge in [-0.3, -0.25) is 15.2 Å². The molecular formula is C23H25FN4O4S. The number of benzene rings is 2. The summed E-state index contributed by atoms with van der Waals surface area (Å²) in [5.41, 5.74) is 6.08. The van der Waals surface area contributed by atoms with Gasteiger partial charge >= 0.3 is 11.9 Å². The molecule has 3 aromatic rings. The molecule has 0 saturated carbocycles. The number of carbonyl (C=O) groups is 2. The minimum absolute atomic E-state index is 0.0125. The van der Waals surface area contributed by atoms with Gasteiger partial charge < -0.3 is 20.1 Å². The van der Waals surface area contributed by atoms with E-state index >= 15 is 4.39 Å². The number of esters is 1. The number of aromatic nitrogens is 1. The summed E-state index contributed by atoms with van der Waals surface area (Å²) in [5.74, 6) is -2.42. The van der Waals surface area contributed by atoms with Crippen molar-refractivity contribution in [3.8, 4) is 11.1 Å². The zero-order valence-electron chi connectivity index (χ0n) is 18.7. The molecule has 0 saturated heterocycles. The topological polar surface area (TPSA) is 131 Å². The van der Waals surface area contributed by atoms with Gasteiger partial charge in [-0.2, -0.15) is 0 Å². The molecule has 10 heteroatoms. The number of aryl methyl sites for hydroxylation is 1. The van der Waals surface area contributed by atoms with Gasteiger partial charge in [-0.25, -0.2) is 9.18 Å². The number of aromatic carboxylic acids is 1. The van der Waals surface area contributed by atoms with Gasteiger partial charge in [0.25, 0.3) is 0 Å². The first-order chi connectivity index (χ1) is 15.5. The Morgan fingerprint density at radius 1 is 1.24 bits per heavy atom. The van der Waals surface area contributed by atoms with Gasteiger partial charge in [0.2, 0.25) is 0 Å². The van der Waals surface area contributed by atoms with Crippen molar-refractivity contribution >= 4 is 39.3 Å². The van der Waals surface area contributed by atoms with E-state index in [2.05, 4.69) is 4.99 Å². The molecule has 174 valence electrons. The SMILES string of the molecule is CCn1c(=NCC(C)(C)C(=O)OC)sc2cc(C(=O)O)cc(-c3ccc(C(=N)N)cc3F)c21. The van der Waals surface area contributed by atoms with Gasteiger partial charge in [-0.05, 0) is 39.0 Å². The summed E-state index contributed by atoms with van der Waals surface area (Å²) in [5, 5.41) is 17.1. The number of rotatable bonds is 7. The van der Waals surface area contributed by atoms with E-state index in [9.17, 15) is 14.7 Å². The summed E-state index contributed by atoms with van der Waals surface area (Å²) in [4.78, 5) is 29.0. The van der Waals surface area contributed by atoms with E-state index in [1.807, 2.05) is 11.5 Å². The summed E-state index contributed by atoms with van der Waals surface area (Å²) in [6, 6.07) is 7.12. The fraction of sp³-hybridized carbons (Fsp3) is 0.304. The van der Waals surface area contributed by atoms with Crippen LogP contribution in [0.15, 0.2) is 35.3 Å². The van der Waals surface area contributed by atoms with Crippen LogP contribution in [0.1, 0.15) is 36.7 Å². The molecule has 0 amide bonds. The maximum absolute atomic E-state index is 15.1. The van der Waals surface area contributed by atoms with Gasteiger partial charge in [0, 0.05) is 23.2 Å². The number of hydrogen-bond acceptors (Lipinski definition) is 6. The predicted molar refractivity (Wildman–Crippen MR) is 125 cm³/mol. The first-order valence-corrected chi connectivity index (χ1v) is 11.0. The first kappa shape index (κ1) is 24.1. The van der Waals surface area contributed by atoms with Crippen molar-refractivity contribution < 1.29 is 23.8 Å². The highest BCUT2D eigenvalue weighted by atomic mass is 32.1. The van der Waals surface area contributed by atoms with Crippen LogP contribution in [0.5, 0.6) is 0 Å². The molecule has 1 heterocycles. The predicted octanol–water partition coefficient (Wildman–Crippen LogP) is 3.61. The lowest BCUT2D eigenvalue weighted by atomic mass is 9.94. The minimum Gasteiger partial charge on any atom is -0.478 e. The molecule has 0 aliphatic heterocycles. The third-order valence-electron chi connectivity index (χ3n) is 5.26. The Morgan fingerprint density at radius 3 is 2.48 bits per heavy atom. The van der Waals surface area contributed by atoms with Gasteiger partial charge in [0.15, 0.2) is 4.80 Å². The largest absolute Gasteiger partial charge is 0.478 e. The average Bonchev–Trinajstić information content (AvgIpc) is 3.13. The number of nitrogens with one attached hydrogen (secondary N) is 1.